The smallest absolute Gasteiger partial charge is 0.125 e. The van der Waals surface area contributed by atoms with Gasteiger partial charge in [-0.25, -0.2) is 4.39 Å². The van der Waals surface area contributed by atoms with Gasteiger partial charge in [0, 0.05) is 24.8 Å². The molecule has 2 rings (SSSR count). The quantitative estimate of drug-likeness (QED) is 0.855. The molecule has 2 N–H and O–H groups in total. The molecule has 1 aliphatic rings. The van der Waals surface area contributed by atoms with Gasteiger partial charge in [-0.15, -0.1) is 0 Å². The molecule has 0 bridgehead atoms. The molecule has 94 valence electrons. The van der Waals surface area contributed by atoms with Gasteiger partial charge in [-0.1, -0.05) is 6.92 Å². The molecule has 2 nitrogen and oxygen atoms in total. The molecule has 3 heteroatoms. The summed E-state index contributed by atoms with van der Waals surface area (Å²) in [5.74, 6) is 0.490. The fourth-order valence-electron chi connectivity index (χ4n) is 2.57. The Balaban J connectivity index is 2.28. The molecule has 2 atom stereocenters. The molecule has 0 aromatic heterocycles. The summed E-state index contributed by atoms with van der Waals surface area (Å²) >= 11 is 0. The van der Waals surface area contributed by atoms with Crippen LogP contribution in [0.15, 0.2) is 18.2 Å². The second-order valence-corrected chi connectivity index (χ2v) is 5.21. The van der Waals surface area contributed by atoms with E-state index in [1.807, 2.05) is 6.07 Å². The molecule has 1 saturated heterocycles. The van der Waals surface area contributed by atoms with Crippen LogP contribution in [-0.2, 0) is 6.54 Å². The van der Waals surface area contributed by atoms with Gasteiger partial charge in [0.2, 0.25) is 0 Å². The van der Waals surface area contributed by atoms with Crippen molar-refractivity contribution < 1.29 is 4.39 Å². The zero-order valence-corrected chi connectivity index (χ0v) is 10.6. The molecule has 0 spiro atoms. The van der Waals surface area contributed by atoms with Gasteiger partial charge in [0.15, 0.2) is 0 Å². The molecule has 1 aromatic rings. The van der Waals surface area contributed by atoms with Crippen LogP contribution in [-0.4, -0.2) is 12.6 Å². The average molecular weight is 236 g/mol. The van der Waals surface area contributed by atoms with Gasteiger partial charge in [0.1, 0.15) is 5.82 Å². The maximum atomic E-state index is 13.5. The van der Waals surface area contributed by atoms with Crippen molar-refractivity contribution in [2.75, 3.05) is 11.4 Å². The summed E-state index contributed by atoms with van der Waals surface area (Å²) in [4.78, 5) is 2.30. The molecular formula is C14H21FN2. The van der Waals surface area contributed by atoms with Crippen LogP contribution in [0.4, 0.5) is 10.1 Å². The molecule has 1 fully saturated rings. The van der Waals surface area contributed by atoms with Gasteiger partial charge in [-0.3, -0.25) is 0 Å². The number of hydrogen-bond donors (Lipinski definition) is 1. The van der Waals surface area contributed by atoms with Crippen LogP contribution in [0.5, 0.6) is 0 Å². The van der Waals surface area contributed by atoms with E-state index in [0.717, 1.165) is 17.8 Å². The van der Waals surface area contributed by atoms with E-state index in [1.54, 1.807) is 6.07 Å². The first-order valence-corrected chi connectivity index (χ1v) is 6.36. The largest absolute Gasteiger partial charge is 0.368 e. The number of benzene rings is 1. The van der Waals surface area contributed by atoms with E-state index in [4.69, 9.17) is 5.73 Å². The molecule has 1 aliphatic heterocycles. The Hall–Kier alpha value is -1.09. The SMILES string of the molecule is CC1CCC(C)N(c2cc(F)cc(CN)c2)C1. The summed E-state index contributed by atoms with van der Waals surface area (Å²) in [6, 6.07) is 5.63. The first-order chi connectivity index (χ1) is 8.10. The summed E-state index contributed by atoms with van der Waals surface area (Å²) in [5, 5.41) is 0. The Morgan fingerprint density at radius 1 is 1.29 bits per heavy atom. The highest BCUT2D eigenvalue weighted by atomic mass is 19.1. The third-order valence-electron chi connectivity index (χ3n) is 3.63. The summed E-state index contributed by atoms with van der Waals surface area (Å²) in [7, 11) is 0. The van der Waals surface area contributed by atoms with E-state index in [1.165, 1.54) is 18.9 Å². The van der Waals surface area contributed by atoms with Crippen molar-refractivity contribution in [3.05, 3.63) is 29.6 Å². The Morgan fingerprint density at radius 2 is 2.06 bits per heavy atom. The van der Waals surface area contributed by atoms with Crippen molar-refractivity contribution in [1.29, 1.82) is 0 Å². The number of nitrogens with two attached hydrogens (primary N) is 1. The van der Waals surface area contributed by atoms with Gasteiger partial charge in [-0.2, -0.15) is 0 Å². The van der Waals surface area contributed by atoms with E-state index >= 15 is 0 Å². The monoisotopic (exact) mass is 236 g/mol. The highest BCUT2D eigenvalue weighted by Gasteiger charge is 2.23. The fourth-order valence-corrected chi connectivity index (χ4v) is 2.57. The summed E-state index contributed by atoms with van der Waals surface area (Å²) in [6.45, 7) is 5.86. The molecule has 2 unspecified atom stereocenters. The minimum Gasteiger partial charge on any atom is -0.368 e. The minimum atomic E-state index is -0.187. The molecule has 17 heavy (non-hydrogen) atoms. The van der Waals surface area contributed by atoms with Gasteiger partial charge in [0.25, 0.3) is 0 Å². The van der Waals surface area contributed by atoms with Crippen molar-refractivity contribution in [1.82, 2.24) is 0 Å². The van der Waals surface area contributed by atoms with Crippen molar-refractivity contribution >= 4 is 5.69 Å². The van der Waals surface area contributed by atoms with Crippen molar-refractivity contribution in [2.24, 2.45) is 11.7 Å². The lowest BCUT2D eigenvalue weighted by Gasteiger charge is -2.38. The van der Waals surface area contributed by atoms with Crippen LogP contribution in [0, 0.1) is 11.7 Å². The van der Waals surface area contributed by atoms with Crippen LogP contribution in [0.1, 0.15) is 32.3 Å². The first kappa shape index (κ1) is 12.4. The average Bonchev–Trinajstić information content (AvgIpc) is 2.31. The van der Waals surface area contributed by atoms with Gasteiger partial charge < -0.3 is 10.6 Å². The molecule has 0 aliphatic carbocycles. The number of halogens is 1. The second-order valence-electron chi connectivity index (χ2n) is 5.21. The number of nitrogens with zero attached hydrogens (tertiary/aromatic N) is 1. The molecule has 0 radical (unpaired) electrons. The van der Waals surface area contributed by atoms with Crippen LogP contribution < -0.4 is 10.6 Å². The van der Waals surface area contributed by atoms with Crippen molar-refractivity contribution in [3.8, 4) is 0 Å². The zero-order chi connectivity index (χ0) is 12.4. The van der Waals surface area contributed by atoms with Gasteiger partial charge >= 0.3 is 0 Å². The molecule has 0 amide bonds. The first-order valence-electron chi connectivity index (χ1n) is 6.36. The third-order valence-corrected chi connectivity index (χ3v) is 3.63. The lowest BCUT2D eigenvalue weighted by atomic mass is 9.94. The summed E-state index contributed by atoms with van der Waals surface area (Å²) < 4.78 is 13.5. The number of anilines is 1. The second kappa shape index (κ2) is 5.05. The van der Waals surface area contributed by atoms with Crippen molar-refractivity contribution in [2.45, 2.75) is 39.3 Å². The maximum Gasteiger partial charge on any atom is 0.125 e. The molecule has 0 saturated carbocycles. The Labute approximate surface area is 103 Å². The van der Waals surface area contributed by atoms with E-state index < -0.39 is 0 Å². The minimum absolute atomic E-state index is 0.187. The van der Waals surface area contributed by atoms with Crippen molar-refractivity contribution in [3.63, 3.8) is 0 Å². The number of rotatable bonds is 2. The Morgan fingerprint density at radius 3 is 2.76 bits per heavy atom. The van der Waals surface area contributed by atoms with Crippen LogP contribution in [0.25, 0.3) is 0 Å². The maximum absolute atomic E-state index is 13.5. The summed E-state index contributed by atoms with van der Waals surface area (Å²) in [5.41, 5.74) is 7.44. The lowest BCUT2D eigenvalue weighted by Crippen LogP contribution is -2.41. The lowest BCUT2D eigenvalue weighted by molar-refractivity contribution is 0.390. The topological polar surface area (TPSA) is 29.3 Å². The highest BCUT2D eigenvalue weighted by molar-refractivity contribution is 5.50. The summed E-state index contributed by atoms with van der Waals surface area (Å²) in [6.07, 6.45) is 2.44. The fraction of sp³-hybridized carbons (Fsp3) is 0.571. The third kappa shape index (κ3) is 2.78. The van der Waals surface area contributed by atoms with E-state index in [-0.39, 0.29) is 5.82 Å². The van der Waals surface area contributed by atoms with Crippen LogP contribution in [0.3, 0.4) is 0 Å². The van der Waals surface area contributed by atoms with E-state index in [2.05, 4.69) is 18.7 Å². The van der Waals surface area contributed by atoms with Crippen LogP contribution in [0.2, 0.25) is 0 Å². The van der Waals surface area contributed by atoms with Gasteiger partial charge in [-0.05, 0) is 49.4 Å². The highest BCUT2D eigenvalue weighted by Crippen LogP contribution is 2.28. The Kier molecular flexibility index (Phi) is 3.67. The molecule has 1 aromatic carbocycles. The van der Waals surface area contributed by atoms with E-state index in [9.17, 15) is 4.39 Å². The number of piperidine rings is 1. The zero-order valence-electron chi connectivity index (χ0n) is 10.6. The van der Waals surface area contributed by atoms with Gasteiger partial charge in [0.05, 0.1) is 0 Å². The predicted octanol–water partition coefficient (Wildman–Crippen LogP) is 2.91. The predicted molar refractivity (Wildman–Crippen MR) is 69.5 cm³/mol. The molecular weight excluding hydrogens is 215 g/mol. The van der Waals surface area contributed by atoms with Crippen LogP contribution >= 0.6 is 0 Å². The normalized spacial score (nSPS) is 25.1. The molecule has 1 heterocycles. The Bertz CT molecular complexity index is 392. The standard InChI is InChI=1S/C14H21FN2/c1-10-3-4-11(2)17(9-10)14-6-12(8-16)5-13(15)7-14/h5-7,10-11H,3-4,8-9,16H2,1-2H3. The number of hydrogen-bond acceptors (Lipinski definition) is 2. The van der Waals surface area contributed by atoms with E-state index in [0.29, 0.717) is 18.5 Å².